The summed E-state index contributed by atoms with van der Waals surface area (Å²) in [4.78, 5) is 38.5. The highest BCUT2D eigenvalue weighted by Crippen LogP contribution is 2.17. The number of aromatic nitrogens is 1. The smallest absolute Gasteiger partial charge is 0.325 e. The van der Waals surface area contributed by atoms with E-state index in [0.717, 1.165) is 16.5 Å². The quantitative estimate of drug-likeness (QED) is 0.520. The molecular weight excluding hydrogens is 358 g/mol. The van der Waals surface area contributed by atoms with Crippen LogP contribution in [0.25, 0.3) is 10.9 Å². The minimum absolute atomic E-state index is 0.295. The molecule has 0 aliphatic rings. The fourth-order valence-corrected chi connectivity index (χ4v) is 2.77. The minimum Gasteiger partial charge on any atom is -0.454 e. The number of H-pyrrole nitrogens is 1. The van der Waals surface area contributed by atoms with Crippen LogP contribution < -0.4 is 10.6 Å². The molecule has 28 heavy (non-hydrogen) atoms. The molecule has 2 amide bonds. The van der Waals surface area contributed by atoms with Gasteiger partial charge in [0.1, 0.15) is 6.54 Å². The van der Waals surface area contributed by atoms with Gasteiger partial charge in [0.15, 0.2) is 6.61 Å². The summed E-state index contributed by atoms with van der Waals surface area (Å²) in [6.07, 6.45) is 2.59. The van der Waals surface area contributed by atoms with Gasteiger partial charge in [0.25, 0.3) is 11.8 Å². The van der Waals surface area contributed by atoms with Gasteiger partial charge in [-0.25, -0.2) is 0 Å². The molecule has 0 saturated carbocycles. The topological polar surface area (TPSA) is 100 Å². The second kappa shape index (κ2) is 9.36. The summed E-state index contributed by atoms with van der Waals surface area (Å²) >= 11 is 0. The Bertz CT molecular complexity index is 966. The Morgan fingerprint density at radius 3 is 2.50 bits per heavy atom. The predicted molar refractivity (Wildman–Crippen MR) is 105 cm³/mol. The average Bonchev–Trinajstić information content (AvgIpc) is 3.14. The van der Waals surface area contributed by atoms with Crippen LogP contribution in [0, 0.1) is 0 Å². The molecule has 0 aliphatic carbocycles. The number of esters is 1. The molecule has 0 bridgehead atoms. The van der Waals surface area contributed by atoms with Crippen LogP contribution in [0.5, 0.6) is 0 Å². The molecule has 2 aromatic carbocycles. The van der Waals surface area contributed by atoms with E-state index in [1.54, 1.807) is 30.3 Å². The highest BCUT2D eigenvalue weighted by atomic mass is 16.5. The predicted octanol–water partition coefficient (Wildman–Crippen LogP) is 1.80. The maximum atomic E-state index is 11.8. The molecule has 7 heteroatoms. The van der Waals surface area contributed by atoms with Crippen LogP contribution >= 0.6 is 0 Å². The Morgan fingerprint density at radius 2 is 1.68 bits per heavy atom. The van der Waals surface area contributed by atoms with Gasteiger partial charge in [-0.1, -0.05) is 36.4 Å². The summed E-state index contributed by atoms with van der Waals surface area (Å²) in [6.45, 7) is -0.243. The third kappa shape index (κ3) is 5.20. The number of para-hydroxylation sites is 1. The SMILES string of the molecule is O=C(COC(=O)CNC(=O)c1ccccc1)NCCc1c[nH]c2ccccc12. The zero-order valence-corrected chi connectivity index (χ0v) is 15.2. The van der Waals surface area contributed by atoms with Gasteiger partial charge in [0.2, 0.25) is 0 Å². The molecule has 0 radical (unpaired) electrons. The number of carbonyl (C=O) groups excluding carboxylic acids is 3. The van der Waals surface area contributed by atoms with E-state index in [9.17, 15) is 14.4 Å². The highest BCUT2D eigenvalue weighted by Gasteiger charge is 2.10. The number of ether oxygens (including phenoxy) is 1. The van der Waals surface area contributed by atoms with E-state index in [2.05, 4.69) is 15.6 Å². The van der Waals surface area contributed by atoms with Crippen LogP contribution in [-0.2, 0) is 20.7 Å². The van der Waals surface area contributed by atoms with E-state index in [1.165, 1.54) is 0 Å². The van der Waals surface area contributed by atoms with Crippen molar-refractivity contribution in [2.45, 2.75) is 6.42 Å². The molecule has 0 unspecified atom stereocenters. The molecule has 3 aromatic rings. The zero-order chi connectivity index (χ0) is 19.8. The lowest BCUT2D eigenvalue weighted by Crippen LogP contribution is -2.34. The fourth-order valence-electron chi connectivity index (χ4n) is 2.77. The van der Waals surface area contributed by atoms with Crippen molar-refractivity contribution < 1.29 is 19.1 Å². The second-order valence-electron chi connectivity index (χ2n) is 6.17. The lowest BCUT2D eigenvalue weighted by atomic mass is 10.1. The molecule has 1 heterocycles. The molecule has 0 spiro atoms. The highest BCUT2D eigenvalue weighted by molar-refractivity contribution is 5.96. The standard InChI is InChI=1S/C21H21N3O4/c25-19(22-11-10-16-12-23-18-9-5-4-8-17(16)18)14-28-20(26)13-24-21(27)15-6-2-1-3-7-15/h1-9,12,23H,10-11,13-14H2,(H,22,25)(H,24,27). The Morgan fingerprint density at radius 1 is 0.929 bits per heavy atom. The Hall–Kier alpha value is -3.61. The van der Waals surface area contributed by atoms with E-state index in [-0.39, 0.29) is 25.0 Å². The fraction of sp³-hybridized carbons (Fsp3) is 0.190. The average molecular weight is 379 g/mol. The molecule has 0 saturated heterocycles. The van der Waals surface area contributed by atoms with E-state index < -0.39 is 5.97 Å². The number of rotatable bonds is 8. The largest absolute Gasteiger partial charge is 0.454 e. The molecule has 3 rings (SSSR count). The van der Waals surface area contributed by atoms with Crippen LogP contribution in [0.1, 0.15) is 15.9 Å². The van der Waals surface area contributed by atoms with E-state index in [4.69, 9.17) is 4.74 Å². The molecule has 0 atom stereocenters. The number of aromatic amines is 1. The van der Waals surface area contributed by atoms with Crippen molar-refractivity contribution in [2.24, 2.45) is 0 Å². The van der Waals surface area contributed by atoms with Gasteiger partial charge in [0, 0.05) is 29.2 Å². The van der Waals surface area contributed by atoms with Crippen LogP contribution in [0.15, 0.2) is 60.8 Å². The summed E-state index contributed by atoms with van der Waals surface area (Å²) in [5, 5.41) is 6.29. The van der Waals surface area contributed by atoms with Crippen molar-refractivity contribution in [3.05, 3.63) is 71.9 Å². The second-order valence-corrected chi connectivity index (χ2v) is 6.17. The lowest BCUT2D eigenvalue weighted by Gasteiger charge is -2.07. The third-order valence-electron chi connectivity index (χ3n) is 4.18. The number of benzene rings is 2. The first-order chi connectivity index (χ1) is 13.6. The molecule has 144 valence electrons. The van der Waals surface area contributed by atoms with Gasteiger partial charge in [-0.2, -0.15) is 0 Å². The van der Waals surface area contributed by atoms with Crippen molar-refractivity contribution in [3.8, 4) is 0 Å². The van der Waals surface area contributed by atoms with Crippen molar-refractivity contribution in [1.29, 1.82) is 0 Å². The minimum atomic E-state index is -0.670. The van der Waals surface area contributed by atoms with E-state index in [0.29, 0.717) is 18.5 Å². The van der Waals surface area contributed by atoms with Gasteiger partial charge in [-0.3, -0.25) is 14.4 Å². The van der Waals surface area contributed by atoms with Crippen molar-refractivity contribution in [1.82, 2.24) is 15.6 Å². The van der Waals surface area contributed by atoms with Crippen LogP contribution in [-0.4, -0.2) is 42.5 Å². The van der Waals surface area contributed by atoms with Gasteiger partial charge >= 0.3 is 5.97 Å². The Kier molecular flexibility index (Phi) is 6.41. The number of nitrogens with one attached hydrogen (secondary N) is 3. The number of carbonyl (C=O) groups is 3. The zero-order valence-electron chi connectivity index (χ0n) is 15.2. The van der Waals surface area contributed by atoms with Crippen molar-refractivity contribution >= 4 is 28.7 Å². The number of hydrogen-bond acceptors (Lipinski definition) is 4. The van der Waals surface area contributed by atoms with E-state index >= 15 is 0 Å². The molecule has 7 nitrogen and oxygen atoms in total. The summed E-state index contributed by atoms with van der Waals surface area (Å²) < 4.78 is 4.88. The summed E-state index contributed by atoms with van der Waals surface area (Å²) in [6, 6.07) is 16.5. The van der Waals surface area contributed by atoms with Gasteiger partial charge < -0.3 is 20.4 Å². The molecule has 0 fully saturated rings. The maximum absolute atomic E-state index is 11.8. The Balaban J connectivity index is 1.34. The first-order valence-electron chi connectivity index (χ1n) is 8.94. The molecule has 0 aliphatic heterocycles. The van der Waals surface area contributed by atoms with Crippen LogP contribution in [0.2, 0.25) is 0 Å². The van der Waals surface area contributed by atoms with Gasteiger partial charge in [0.05, 0.1) is 0 Å². The van der Waals surface area contributed by atoms with Crippen LogP contribution in [0.4, 0.5) is 0 Å². The lowest BCUT2D eigenvalue weighted by molar-refractivity contribution is -0.147. The maximum Gasteiger partial charge on any atom is 0.325 e. The van der Waals surface area contributed by atoms with E-state index in [1.807, 2.05) is 30.5 Å². The summed E-state index contributed by atoms with van der Waals surface area (Å²) in [7, 11) is 0. The van der Waals surface area contributed by atoms with Crippen molar-refractivity contribution in [2.75, 3.05) is 19.7 Å². The van der Waals surface area contributed by atoms with Crippen molar-refractivity contribution in [3.63, 3.8) is 0 Å². The first-order valence-corrected chi connectivity index (χ1v) is 8.94. The Labute approximate surface area is 162 Å². The molecule has 1 aromatic heterocycles. The summed E-state index contributed by atoms with van der Waals surface area (Å²) in [5.41, 5.74) is 2.61. The normalized spacial score (nSPS) is 10.4. The van der Waals surface area contributed by atoms with Gasteiger partial charge in [-0.05, 0) is 30.2 Å². The monoisotopic (exact) mass is 379 g/mol. The van der Waals surface area contributed by atoms with Gasteiger partial charge in [-0.15, -0.1) is 0 Å². The molecular formula is C21H21N3O4. The first kappa shape index (κ1) is 19.2. The number of fused-ring (bicyclic) bond motifs is 1. The number of amides is 2. The molecule has 3 N–H and O–H groups in total. The third-order valence-corrected chi connectivity index (χ3v) is 4.18. The number of hydrogen-bond donors (Lipinski definition) is 3. The summed E-state index contributed by atoms with van der Waals surface area (Å²) in [5.74, 6) is -1.43. The van der Waals surface area contributed by atoms with Crippen LogP contribution in [0.3, 0.4) is 0 Å².